The number of benzene rings is 1. The van der Waals surface area contributed by atoms with Crippen LogP contribution in [0.15, 0.2) is 53.1 Å². The van der Waals surface area contributed by atoms with Gasteiger partial charge in [0, 0.05) is 26.2 Å². The van der Waals surface area contributed by atoms with E-state index in [0.717, 1.165) is 31.7 Å². The largest absolute Gasteiger partial charge is 0.468 e. The van der Waals surface area contributed by atoms with E-state index in [0.29, 0.717) is 26.3 Å². The number of ether oxygens (including phenoxy) is 1. The second-order valence-electron chi connectivity index (χ2n) is 6.41. The van der Waals surface area contributed by atoms with Crippen LogP contribution in [-0.2, 0) is 11.2 Å². The number of carbonyl (C=O) groups is 1. The molecule has 2 amide bonds. The quantitative estimate of drug-likeness (QED) is 0.713. The summed E-state index contributed by atoms with van der Waals surface area (Å²) in [6, 6.07) is 14.0. The molecule has 1 unspecified atom stereocenters. The van der Waals surface area contributed by atoms with Crippen LogP contribution in [0.25, 0.3) is 0 Å². The van der Waals surface area contributed by atoms with Crippen molar-refractivity contribution >= 4 is 6.03 Å². The first-order valence-electron chi connectivity index (χ1n) is 9.24. The lowest BCUT2D eigenvalue weighted by Crippen LogP contribution is -2.45. The molecule has 0 radical (unpaired) electrons. The van der Waals surface area contributed by atoms with Crippen LogP contribution in [0.4, 0.5) is 4.79 Å². The highest BCUT2D eigenvalue weighted by Gasteiger charge is 2.25. The lowest BCUT2D eigenvalue weighted by Gasteiger charge is -2.33. The zero-order valence-electron chi connectivity index (χ0n) is 15.0. The van der Waals surface area contributed by atoms with Gasteiger partial charge in [0.05, 0.1) is 25.5 Å². The first-order chi connectivity index (χ1) is 12.8. The predicted molar refractivity (Wildman–Crippen MR) is 100 cm³/mol. The van der Waals surface area contributed by atoms with Crippen LogP contribution < -0.4 is 10.6 Å². The molecule has 0 aliphatic carbocycles. The molecular formula is C20H27N3O3. The third-order valence-electron chi connectivity index (χ3n) is 4.58. The van der Waals surface area contributed by atoms with Crippen LogP contribution in [0.3, 0.4) is 0 Å². The van der Waals surface area contributed by atoms with Crippen molar-refractivity contribution in [2.24, 2.45) is 0 Å². The second kappa shape index (κ2) is 9.99. The molecule has 0 spiro atoms. The number of morpholine rings is 1. The molecule has 1 aromatic carbocycles. The van der Waals surface area contributed by atoms with Crippen LogP contribution in [0.1, 0.15) is 23.8 Å². The number of nitrogens with one attached hydrogen (secondary N) is 2. The van der Waals surface area contributed by atoms with E-state index in [9.17, 15) is 4.79 Å². The highest BCUT2D eigenvalue weighted by atomic mass is 16.5. The van der Waals surface area contributed by atoms with Gasteiger partial charge >= 0.3 is 6.03 Å². The fourth-order valence-corrected chi connectivity index (χ4v) is 3.17. The highest BCUT2D eigenvalue weighted by Crippen LogP contribution is 2.21. The minimum atomic E-state index is -0.136. The Morgan fingerprint density at radius 1 is 1.08 bits per heavy atom. The maximum atomic E-state index is 12.1. The Morgan fingerprint density at radius 2 is 1.88 bits per heavy atom. The number of hydrogen-bond acceptors (Lipinski definition) is 4. The SMILES string of the molecule is O=C(NCCCc1ccccc1)NCC(c1ccco1)N1CCOCC1. The standard InChI is InChI=1S/C20H27N3O3/c24-20(21-10-4-8-17-6-2-1-3-7-17)22-16-18(19-9-5-13-26-19)23-11-14-25-15-12-23/h1-3,5-7,9,13,18H,4,8,10-12,14-16H2,(H2,21,22,24). The molecule has 6 nitrogen and oxygen atoms in total. The molecule has 1 saturated heterocycles. The molecule has 0 saturated carbocycles. The van der Waals surface area contributed by atoms with Gasteiger partial charge in [-0.1, -0.05) is 30.3 Å². The minimum Gasteiger partial charge on any atom is -0.468 e. The monoisotopic (exact) mass is 357 g/mol. The molecule has 6 heteroatoms. The van der Waals surface area contributed by atoms with Crippen LogP contribution in [-0.4, -0.2) is 50.3 Å². The predicted octanol–water partition coefficient (Wildman–Crippen LogP) is 2.58. The maximum Gasteiger partial charge on any atom is 0.314 e. The van der Waals surface area contributed by atoms with Gasteiger partial charge in [0.15, 0.2) is 0 Å². The van der Waals surface area contributed by atoms with Crippen molar-refractivity contribution in [3.8, 4) is 0 Å². The molecule has 26 heavy (non-hydrogen) atoms. The Labute approximate surface area is 154 Å². The zero-order valence-corrected chi connectivity index (χ0v) is 15.0. The van der Waals surface area contributed by atoms with Crippen molar-refractivity contribution in [2.75, 3.05) is 39.4 Å². The average molecular weight is 357 g/mol. The third kappa shape index (κ3) is 5.61. The van der Waals surface area contributed by atoms with Crippen LogP contribution in [0.5, 0.6) is 0 Å². The average Bonchev–Trinajstić information content (AvgIpc) is 3.22. The molecule has 0 bridgehead atoms. The molecule has 1 aliphatic heterocycles. The Hall–Kier alpha value is -2.31. The molecule has 2 heterocycles. The lowest BCUT2D eigenvalue weighted by molar-refractivity contribution is 0.0123. The van der Waals surface area contributed by atoms with Crippen LogP contribution >= 0.6 is 0 Å². The molecule has 3 rings (SSSR count). The van der Waals surface area contributed by atoms with Crippen molar-refractivity contribution in [3.63, 3.8) is 0 Å². The van der Waals surface area contributed by atoms with Crippen molar-refractivity contribution in [3.05, 3.63) is 60.1 Å². The van der Waals surface area contributed by atoms with Gasteiger partial charge < -0.3 is 19.8 Å². The van der Waals surface area contributed by atoms with Crippen molar-refractivity contribution < 1.29 is 13.9 Å². The molecule has 2 N–H and O–H groups in total. The molecule has 140 valence electrons. The van der Waals surface area contributed by atoms with E-state index in [-0.39, 0.29) is 12.1 Å². The number of aryl methyl sites for hydroxylation is 1. The Balaban J connectivity index is 1.41. The van der Waals surface area contributed by atoms with Gasteiger partial charge in [0.25, 0.3) is 0 Å². The van der Waals surface area contributed by atoms with E-state index in [1.54, 1.807) is 6.26 Å². The summed E-state index contributed by atoms with van der Waals surface area (Å²) in [7, 11) is 0. The number of rotatable bonds is 8. The first kappa shape index (κ1) is 18.5. The second-order valence-corrected chi connectivity index (χ2v) is 6.41. The van der Waals surface area contributed by atoms with E-state index in [4.69, 9.17) is 9.15 Å². The molecule has 1 atom stereocenters. The van der Waals surface area contributed by atoms with E-state index in [1.165, 1.54) is 5.56 Å². The van der Waals surface area contributed by atoms with Crippen molar-refractivity contribution in [1.82, 2.24) is 15.5 Å². The summed E-state index contributed by atoms with van der Waals surface area (Å²) < 4.78 is 11.0. The van der Waals surface area contributed by atoms with Gasteiger partial charge in [0.2, 0.25) is 0 Å². The Kier molecular flexibility index (Phi) is 7.10. The first-order valence-corrected chi connectivity index (χ1v) is 9.24. The summed E-state index contributed by atoms with van der Waals surface area (Å²) in [4.78, 5) is 14.4. The molecule has 1 aliphatic rings. The number of furan rings is 1. The normalized spacial score (nSPS) is 16.2. The number of hydrogen-bond donors (Lipinski definition) is 2. The fourth-order valence-electron chi connectivity index (χ4n) is 3.17. The van der Waals surface area contributed by atoms with Crippen molar-refractivity contribution in [1.29, 1.82) is 0 Å². The lowest BCUT2D eigenvalue weighted by atomic mass is 10.1. The summed E-state index contributed by atoms with van der Waals surface area (Å²) in [6.07, 6.45) is 3.55. The topological polar surface area (TPSA) is 66.7 Å². The van der Waals surface area contributed by atoms with Gasteiger partial charge in [-0.05, 0) is 30.5 Å². The highest BCUT2D eigenvalue weighted by molar-refractivity contribution is 5.73. The fraction of sp³-hybridized carbons (Fsp3) is 0.450. The summed E-state index contributed by atoms with van der Waals surface area (Å²) in [5, 5.41) is 5.91. The maximum absolute atomic E-state index is 12.1. The van der Waals surface area contributed by atoms with Gasteiger partial charge in [-0.15, -0.1) is 0 Å². The third-order valence-corrected chi connectivity index (χ3v) is 4.58. The Bertz CT molecular complexity index is 640. The number of nitrogens with zero attached hydrogens (tertiary/aromatic N) is 1. The molecular weight excluding hydrogens is 330 g/mol. The van der Waals surface area contributed by atoms with Gasteiger partial charge in [-0.2, -0.15) is 0 Å². The molecule has 2 aromatic rings. The smallest absolute Gasteiger partial charge is 0.314 e. The summed E-state index contributed by atoms with van der Waals surface area (Å²) in [5.74, 6) is 0.872. The summed E-state index contributed by atoms with van der Waals surface area (Å²) >= 11 is 0. The number of urea groups is 1. The van der Waals surface area contributed by atoms with E-state index in [2.05, 4.69) is 27.7 Å². The van der Waals surface area contributed by atoms with Gasteiger partial charge in [-0.25, -0.2) is 4.79 Å². The van der Waals surface area contributed by atoms with E-state index < -0.39 is 0 Å². The van der Waals surface area contributed by atoms with Gasteiger partial charge in [-0.3, -0.25) is 4.90 Å². The van der Waals surface area contributed by atoms with Crippen LogP contribution in [0.2, 0.25) is 0 Å². The van der Waals surface area contributed by atoms with E-state index >= 15 is 0 Å². The Morgan fingerprint density at radius 3 is 2.62 bits per heavy atom. The number of carbonyl (C=O) groups excluding carboxylic acids is 1. The zero-order chi connectivity index (χ0) is 18.0. The summed E-state index contributed by atoms with van der Waals surface area (Å²) in [5.41, 5.74) is 1.29. The van der Waals surface area contributed by atoms with Gasteiger partial charge in [0.1, 0.15) is 5.76 Å². The van der Waals surface area contributed by atoms with Crippen molar-refractivity contribution in [2.45, 2.75) is 18.9 Å². The molecule has 1 fully saturated rings. The van der Waals surface area contributed by atoms with Crippen LogP contribution in [0, 0.1) is 0 Å². The van der Waals surface area contributed by atoms with E-state index in [1.807, 2.05) is 30.3 Å². The number of amides is 2. The minimum absolute atomic E-state index is 0.0315. The molecule has 1 aromatic heterocycles. The summed E-state index contributed by atoms with van der Waals surface area (Å²) in [6.45, 7) is 4.27.